The summed E-state index contributed by atoms with van der Waals surface area (Å²) in [5, 5.41) is 9.78. The fourth-order valence-corrected chi connectivity index (χ4v) is 2.25. The lowest BCUT2D eigenvalue weighted by Crippen LogP contribution is -2.03. The number of hydrogen-bond acceptors (Lipinski definition) is 3. The Morgan fingerprint density at radius 1 is 1.10 bits per heavy atom. The van der Waals surface area contributed by atoms with Gasteiger partial charge in [-0.2, -0.15) is 3.84 Å². The fourth-order valence-electron chi connectivity index (χ4n) is 2.25. The van der Waals surface area contributed by atoms with E-state index in [1.807, 2.05) is 12.1 Å². The smallest absolute Gasteiger partial charge is 0.130 e. The number of halogens is 2. The van der Waals surface area contributed by atoms with Crippen LogP contribution in [0.4, 0.5) is 0 Å². The minimum Gasteiger partial charge on any atom is -0.508 e. The molecule has 21 heavy (non-hydrogen) atoms. The van der Waals surface area contributed by atoms with Crippen LogP contribution in [-0.4, -0.2) is 5.11 Å². The third-order valence-electron chi connectivity index (χ3n) is 3.37. The normalized spacial score (nSPS) is 11.5. The molecule has 5 heteroatoms. The highest BCUT2D eigenvalue weighted by molar-refractivity contribution is 6.24. The summed E-state index contributed by atoms with van der Waals surface area (Å²) in [4.78, 5) is 0. The van der Waals surface area contributed by atoms with E-state index in [4.69, 9.17) is 4.74 Å². The third kappa shape index (κ3) is 3.82. The summed E-state index contributed by atoms with van der Waals surface area (Å²) in [5.41, 5.74) is 3.54. The summed E-state index contributed by atoms with van der Waals surface area (Å²) in [6.45, 7) is 4.12. The molecule has 0 saturated carbocycles. The first-order chi connectivity index (χ1) is 10.0. The van der Waals surface area contributed by atoms with Crippen molar-refractivity contribution in [3.8, 4) is 17.2 Å². The molecule has 4 rings (SSSR count). The van der Waals surface area contributed by atoms with Crippen LogP contribution in [0.3, 0.4) is 0 Å². The van der Waals surface area contributed by atoms with E-state index in [0.717, 1.165) is 23.5 Å². The van der Waals surface area contributed by atoms with E-state index in [9.17, 15) is 5.11 Å². The Hall–Kier alpha value is -1.42. The van der Waals surface area contributed by atoms with Gasteiger partial charge in [0.25, 0.3) is 0 Å². The first kappa shape index (κ1) is 16.0. The molecular formula is C16H16Cl2O3. The van der Waals surface area contributed by atoms with Gasteiger partial charge in [-0.05, 0) is 41.3 Å². The van der Waals surface area contributed by atoms with Crippen LogP contribution in [0, 0.1) is 0 Å². The molecular weight excluding hydrogens is 311 g/mol. The summed E-state index contributed by atoms with van der Waals surface area (Å²) >= 11 is 8.53. The minimum absolute atomic E-state index is 0.281. The first-order valence-electron chi connectivity index (χ1n) is 6.57. The molecule has 3 nitrogen and oxygen atoms in total. The quantitative estimate of drug-likeness (QED) is 0.688. The van der Waals surface area contributed by atoms with Crippen LogP contribution >= 0.6 is 23.7 Å². The first-order valence-corrected chi connectivity index (χ1v) is 7.18. The van der Waals surface area contributed by atoms with Gasteiger partial charge in [0.1, 0.15) is 17.2 Å². The molecule has 2 aliphatic rings. The van der Waals surface area contributed by atoms with Crippen molar-refractivity contribution in [1.82, 2.24) is 0 Å². The molecule has 2 aromatic rings. The van der Waals surface area contributed by atoms with Gasteiger partial charge < -0.3 is 9.84 Å². The van der Waals surface area contributed by atoms with E-state index < -0.39 is 0 Å². The lowest BCUT2D eigenvalue weighted by Gasteiger charge is -2.20. The van der Waals surface area contributed by atoms with E-state index >= 15 is 0 Å². The highest BCUT2D eigenvalue weighted by Gasteiger charge is 2.15. The Balaban J connectivity index is 0.000000497. The number of phenolic OH excluding ortho intramolecular Hbond substituents is 1. The van der Waals surface area contributed by atoms with Gasteiger partial charge in [0.15, 0.2) is 0 Å². The molecule has 0 fully saturated rings. The maximum Gasteiger partial charge on any atom is 0.130 e. The van der Waals surface area contributed by atoms with Crippen molar-refractivity contribution in [3.63, 3.8) is 0 Å². The second kappa shape index (κ2) is 7.03. The van der Waals surface area contributed by atoms with Crippen LogP contribution in [-0.2, 0) is 10.3 Å². The highest BCUT2D eigenvalue weighted by atomic mass is 35.6. The average molecular weight is 327 g/mol. The zero-order valence-corrected chi connectivity index (χ0v) is 13.3. The van der Waals surface area contributed by atoms with E-state index in [-0.39, 0.29) is 5.92 Å². The van der Waals surface area contributed by atoms with Crippen LogP contribution in [0.1, 0.15) is 36.5 Å². The number of fused-ring (bicyclic) bond motifs is 2. The summed E-state index contributed by atoms with van der Waals surface area (Å²) in [5.74, 6) is 2.32. The van der Waals surface area contributed by atoms with Crippen LogP contribution in [0.2, 0.25) is 0 Å². The molecule has 2 aliphatic carbocycles. The van der Waals surface area contributed by atoms with Crippen molar-refractivity contribution in [2.24, 2.45) is 0 Å². The number of benzene rings is 2. The maximum atomic E-state index is 9.78. The van der Waals surface area contributed by atoms with Crippen molar-refractivity contribution in [3.05, 3.63) is 53.1 Å². The summed E-state index contributed by atoms with van der Waals surface area (Å²) in [7, 11) is 0. The fraction of sp³-hybridized carbons (Fsp3) is 0.250. The molecule has 2 bridgehead atoms. The van der Waals surface area contributed by atoms with Crippen LogP contribution < -0.4 is 4.74 Å². The van der Waals surface area contributed by atoms with Crippen molar-refractivity contribution in [1.29, 1.82) is 0 Å². The van der Waals surface area contributed by atoms with Gasteiger partial charge in [0.05, 0.1) is 23.7 Å². The molecule has 0 spiro atoms. The van der Waals surface area contributed by atoms with Crippen LogP contribution in [0.5, 0.6) is 17.2 Å². The second-order valence-corrected chi connectivity index (χ2v) is 5.62. The van der Waals surface area contributed by atoms with Gasteiger partial charge in [0.2, 0.25) is 0 Å². The van der Waals surface area contributed by atoms with Crippen molar-refractivity contribution < 1.29 is 13.7 Å². The number of ether oxygens (including phenoxy) is 1. The predicted octanol–water partition coefficient (Wildman–Crippen LogP) is 5.52. The van der Waals surface area contributed by atoms with Crippen molar-refractivity contribution in [2.45, 2.75) is 26.2 Å². The standard InChI is InChI=1S/C16H16O2.Cl2O/c1-10(2)14-9-13(4-5-15(14)17)18-16-6-3-11-7-12(16)8-11;1-3-2/h3-7,9-10,17H,8H2,1-2H3;. The number of phenols is 1. The summed E-state index contributed by atoms with van der Waals surface area (Å²) < 4.78 is 9.08. The predicted molar refractivity (Wildman–Crippen MR) is 84.3 cm³/mol. The zero-order valence-electron chi connectivity index (χ0n) is 11.8. The van der Waals surface area contributed by atoms with Gasteiger partial charge in [-0.1, -0.05) is 26.0 Å². The van der Waals surface area contributed by atoms with Gasteiger partial charge in [0, 0.05) is 12.0 Å². The molecule has 0 aliphatic heterocycles. The summed E-state index contributed by atoms with van der Waals surface area (Å²) in [6.07, 6.45) is 1.01. The minimum atomic E-state index is 0.281. The largest absolute Gasteiger partial charge is 0.508 e. The Morgan fingerprint density at radius 2 is 1.76 bits per heavy atom. The van der Waals surface area contributed by atoms with E-state index in [1.54, 1.807) is 12.1 Å². The van der Waals surface area contributed by atoms with E-state index in [0.29, 0.717) is 5.75 Å². The number of rotatable bonds is 3. The van der Waals surface area contributed by atoms with Gasteiger partial charge >= 0.3 is 0 Å². The van der Waals surface area contributed by atoms with E-state index in [1.165, 1.54) is 11.1 Å². The van der Waals surface area contributed by atoms with Crippen LogP contribution in [0.25, 0.3) is 0 Å². The maximum absolute atomic E-state index is 9.78. The number of hydrogen-bond donors (Lipinski definition) is 1. The van der Waals surface area contributed by atoms with Gasteiger partial charge in [-0.3, -0.25) is 0 Å². The molecule has 0 unspecified atom stereocenters. The third-order valence-corrected chi connectivity index (χ3v) is 3.37. The molecule has 2 aromatic carbocycles. The highest BCUT2D eigenvalue weighted by Crippen LogP contribution is 2.36. The Kier molecular flexibility index (Phi) is 5.34. The molecule has 1 N–H and O–H groups in total. The Morgan fingerprint density at radius 3 is 2.29 bits per heavy atom. The molecule has 0 aromatic heterocycles. The Labute approximate surface area is 134 Å². The van der Waals surface area contributed by atoms with Crippen molar-refractivity contribution in [2.75, 3.05) is 0 Å². The molecule has 112 valence electrons. The monoisotopic (exact) mass is 326 g/mol. The zero-order chi connectivity index (χ0) is 15.4. The molecule has 0 amide bonds. The second-order valence-electron chi connectivity index (χ2n) is 5.15. The summed E-state index contributed by atoms with van der Waals surface area (Å²) in [6, 6.07) is 11.7. The molecule has 0 radical (unpaired) electrons. The Bertz CT molecular complexity index is 623. The van der Waals surface area contributed by atoms with Crippen molar-refractivity contribution >= 4 is 23.7 Å². The molecule has 0 saturated heterocycles. The van der Waals surface area contributed by atoms with E-state index in [2.05, 4.69) is 53.6 Å². The molecule has 0 heterocycles. The lowest BCUT2D eigenvalue weighted by atomic mass is 9.92. The lowest BCUT2D eigenvalue weighted by molar-refractivity contribution is 0.452. The van der Waals surface area contributed by atoms with Gasteiger partial charge in [-0.15, -0.1) is 0 Å². The number of aromatic hydroxyl groups is 1. The topological polar surface area (TPSA) is 38.7 Å². The van der Waals surface area contributed by atoms with Crippen LogP contribution in [0.15, 0.2) is 36.4 Å². The van der Waals surface area contributed by atoms with Gasteiger partial charge in [-0.25, -0.2) is 0 Å². The SMILES string of the molecule is CC(C)c1cc(Oc2ccc3cc2C3)ccc1O.ClOCl. The average Bonchev–Trinajstić information content (AvgIpc) is 2.41. The molecule has 0 atom stereocenters.